The summed E-state index contributed by atoms with van der Waals surface area (Å²) in [5.41, 5.74) is 2.11. The van der Waals surface area contributed by atoms with Gasteiger partial charge in [0, 0.05) is 9.26 Å². The molecule has 1 unspecified atom stereocenters. The highest BCUT2D eigenvalue weighted by Gasteiger charge is 2.33. The van der Waals surface area contributed by atoms with E-state index in [-0.39, 0.29) is 5.91 Å². The Morgan fingerprint density at radius 3 is 2.48 bits per heavy atom. The zero-order valence-electron chi connectivity index (χ0n) is 15.7. The minimum atomic E-state index is -0.647. The summed E-state index contributed by atoms with van der Waals surface area (Å²) in [5, 5.41) is 2.76. The Morgan fingerprint density at radius 1 is 1.15 bits per heavy atom. The molecule has 5 nitrogen and oxygen atoms in total. The van der Waals surface area contributed by atoms with Crippen molar-refractivity contribution in [3.8, 4) is 0 Å². The lowest BCUT2D eigenvalue weighted by molar-refractivity contribution is -0.120. The summed E-state index contributed by atoms with van der Waals surface area (Å²) in [6, 6.07) is 15.0. The van der Waals surface area contributed by atoms with Gasteiger partial charge in [0.25, 0.3) is 5.91 Å². The van der Waals surface area contributed by atoms with E-state index in [4.69, 9.17) is 4.74 Å². The average molecular weight is 478 g/mol. The largest absolute Gasteiger partial charge is 0.444 e. The maximum Gasteiger partial charge on any atom is 0.408 e. The Labute approximate surface area is 173 Å². The monoisotopic (exact) mass is 478 g/mol. The molecule has 2 amide bonds. The van der Waals surface area contributed by atoms with E-state index in [1.54, 1.807) is 25.7 Å². The highest BCUT2D eigenvalue weighted by atomic mass is 127. The second kappa shape index (κ2) is 7.88. The molecule has 0 fully saturated rings. The van der Waals surface area contributed by atoms with E-state index in [0.29, 0.717) is 12.8 Å². The van der Waals surface area contributed by atoms with Gasteiger partial charge in [-0.2, -0.15) is 0 Å². The third-order valence-electron chi connectivity index (χ3n) is 4.23. The number of carbonyl (C=O) groups is 2. The Kier molecular flexibility index (Phi) is 5.74. The number of halogens is 1. The van der Waals surface area contributed by atoms with Crippen LogP contribution >= 0.6 is 22.6 Å². The molecule has 142 valence electrons. The van der Waals surface area contributed by atoms with Crippen molar-refractivity contribution in [2.24, 2.45) is 0 Å². The molecular weight excluding hydrogens is 455 g/mol. The third-order valence-corrected chi connectivity index (χ3v) is 4.95. The number of carbonyl (C=O) groups excluding carboxylic acids is 2. The minimum absolute atomic E-state index is 0.160. The molecule has 27 heavy (non-hydrogen) atoms. The van der Waals surface area contributed by atoms with Gasteiger partial charge in [-0.15, -0.1) is 0 Å². The number of nitrogens with zero attached hydrogens (tertiary/aromatic N) is 1. The summed E-state index contributed by atoms with van der Waals surface area (Å²) in [6.07, 6.45) is 0.647. The van der Waals surface area contributed by atoms with Crippen LogP contribution in [0.3, 0.4) is 0 Å². The molecule has 0 aromatic heterocycles. The number of nitrogens with one attached hydrogen (secondary N) is 1. The Morgan fingerprint density at radius 2 is 1.81 bits per heavy atom. The van der Waals surface area contributed by atoms with Crippen molar-refractivity contribution < 1.29 is 14.3 Å². The van der Waals surface area contributed by atoms with Gasteiger partial charge in [0.1, 0.15) is 11.6 Å². The topological polar surface area (TPSA) is 58.6 Å². The number of rotatable bonds is 2. The van der Waals surface area contributed by atoms with Crippen LogP contribution in [0, 0.1) is 3.57 Å². The molecule has 1 atom stereocenters. The van der Waals surface area contributed by atoms with Gasteiger partial charge in [-0.05, 0) is 92.1 Å². The first-order valence-electron chi connectivity index (χ1n) is 8.91. The van der Waals surface area contributed by atoms with Crippen LogP contribution in [0.4, 0.5) is 16.2 Å². The first-order valence-corrected chi connectivity index (χ1v) is 9.99. The van der Waals surface area contributed by atoms with Crippen LogP contribution < -0.4 is 10.2 Å². The molecule has 1 N–H and O–H groups in total. The van der Waals surface area contributed by atoms with Crippen LogP contribution in [0.15, 0.2) is 48.5 Å². The van der Waals surface area contributed by atoms with Crippen molar-refractivity contribution >= 4 is 46.0 Å². The van der Waals surface area contributed by atoms with E-state index >= 15 is 0 Å². The van der Waals surface area contributed by atoms with Crippen LogP contribution in [0.1, 0.15) is 32.8 Å². The highest BCUT2D eigenvalue weighted by Crippen LogP contribution is 2.33. The fraction of sp³-hybridized carbons (Fsp3) is 0.333. The van der Waals surface area contributed by atoms with Crippen molar-refractivity contribution in [2.45, 2.75) is 45.3 Å². The third kappa shape index (κ3) is 4.80. The number of amides is 2. The number of hydrogen-bond donors (Lipinski definition) is 1. The van der Waals surface area contributed by atoms with Gasteiger partial charge in [0.15, 0.2) is 0 Å². The normalized spacial score (nSPS) is 17.1. The van der Waals surface area contributed by atoms with Gasteiger partial charge in [-0.3, -0.25) is 9.69 Å². The highest BCUT2D eigenvalue weighted by molar-refractivity contribution is 14.1. The molecule has 1 aliphatic heterocycles. The summed E-state index contributed by atoms with van der Waals surface area (Å²) < 4.78 is 6.43. The van der Waals surface area contributed by atoms with Gasteiger partial charge in [0.05, 0.1) is 5.69 Å². The number of ether oxygens (including phenoxy) is 1. The zero-order chi connectivity index (χ0) is 19.6. The molecule has 0 aliphatic carbocycles. The quantitative estimate of drug-likeness (QED) is 0.632. The second-order valence-corrected chi connectivity index (χ2v) is 8.76. The number of alkyl carbamates (subject to hydrolysis) is 1. The summed E-state index contributed by atoms with van der Waals surface area (Å²) >= 11 is 2.24. The standard InChI is InChI=1S/C21H23IN2O3/c1-21(2,3)27-20(26)23-17-13-8-14-6-4-5-7-18(14)24(19(17)25)16-11-9-15(22)10-12-16/h4-7,9-12,17H,8,13H2,1-3H3,(H,23,26). The molecular formula is C21H23IN2O3. The van der Waals surface area contributed by atoms with Crippen molar-refractivity contribution in [2.75, 3.05) is 4.90 Å². The first-order chi connectivity index (χ1) is 12.7. The van der Waals surface area contributed by atoms with Crippen LogP contribution in [0.5, 0.6) is 0 Å². The van der Waals surface area contributed by atoms with E-state index in [1.165, 1.54) is 0 Å². The number of benzene rings is 2. The number of hydrogen-bond acceptors (Lipinski definition) is 3. The van der Waals surface area contributed by atoms with Crippen molar-refractivity contribution in [1.82, 2.24) is 5.32 Å². The summed E-state index contributed by atoms with van der Waals surface area (Å²) in [5.74, 6) is -0.160. The lowest BCUT2D eigenvalue weighted by Gasteiger charge is -2.27. The molecule has 0 saturated heterocycles. The SMILES string of the molecule is CC(C)(C)OC(=O)NC1CCc2ccccc2N(c2ccc(I)cc2)C1=O. The van der Waals surface area contributed by atoms with Gasteiger partial charge < -0.3 is 10.1 Å². The number of fused-ring (bicyclic) bond motifs is 1. The smallest absolute Gasteiger partial charge is 0.408 e. The van der Waals surface area contributed by atoms with Crippen LogP contribution in [-0.4, -0.2) is 23.6 Å². The van der Waals surface area contributed by atoms with Gasteiger partial charge in [-0.1, -0.05) is 18.2 Å². The maximum atomic E-state index is 13.3. The zero-order valence-corrected chi connectivity index (χ0v) is 17.8. The lowest BCUT2D eigenvalue weighted by Crippen LogP contribution is -2.48. The van der Waals surface area contributed by atoms with E-state index in [0.717, 1.165) is 20.5 Å². The second-order valence-electron chi connectivity index (χ2n) is 7.52. The molecule has 0 spiro atoms. The predicted octanol–water partition coefficient (Wildman–Crippen LogP) is 4.80. The van der Waals surface area contributed by atoms with Crippen LogP contribution in [0.2, 0.25) is 0 Å². The summed E-state index contributed by atoms with van der Waals surface area (Å²) in [4.78, 5) is 27.3. The van der Waals surface area contributed by atoms with Gasteiger partial charge in [0.2, 0.25) is 0 Å². The number of aryl methyl sites for hydroxylation is 1. The molecule has 1 aliphatic rings. The molecule has 3 rings (SSSR count). The molecule has 0 saturated carbocycles. The minimum Gasteiger partial charge on any atom is -0.444 e. The Balaban J connectivity index is 1.94. The lowest BCUT2D eigenvalue weighted by atomic mass is 10.1. The van der Waals surface area contributed by atoms with Gasteiger partial charge >= 0.3 is 6.09 Å². The van der Waals surface area contributed by atoms with E-state index in [2.05, 4.69) is 27.9 Å². The van der Waals surface area contributed by atoms with Crippen LogP contribution in [-0.2, 0) is 16.0 Å². The fourth-order valence-electron chi connectivity index (χ4n) is 3.08. The molecule has 2 aromatic rings. The maximum absolute atomic E-state index is 13.3. The average Bonchev–Trinajstić information content (AvgIpc) is 2.72. The molecule has 1 heterocycles. The van der Waals surface area contributed by atoms with Crippen molar-refractivity contribution in [1.29, 1.82) is 0 Å². The number of para-hydroxylation sites is 1. The Hall–Kier alpha value is -2.09. The van der Waals surface area contributed by atoms with Crippen LogP contribution in [0.25, 0.3) is 0 Å². The predicted molar refractivity (Wildman–Crippen MR) is 114 cm³/mol. The molecule has 0 radical (unpaired) electrons. The van der Waals surface area contributed by atoms with E-state index in [9.17, 15) is 9.59 Å². The first kappa shape index (κ1) is 19.7. The molecule has 2 aromatic carbocycles. The fourth-order valence-corrected chi connectivity index (χ4v) is 3.44. The van der Waals surface area contributed by atoms with E-state index < -0.39 is 17.7 Å². The molecule has 6 heteroatoms. The number of anilines is 2. The van der Waals surface area contributed by atoms with Crippen molar-refractivity contribution in [3.63, 3.8) is 0 Å². The van der Waals surface area contributed by atoms with E-state index in [1.807, 2.05) is 48.5 Å². The van der Waals surface area contributed by atoms with Gasteiger partial charge in [-0.25, -0.2) is 4.79 Å². The van der Waals surface area contributed by atoms with Crippen molar-refractivity contribution in [3.05, 3.63) is 57.7 Å². The Bertz CT molecular complexity index is 843. The molecule has 0 bridgehead atoms. The summed E-state index contributed by atoms with van der Waals surface area (Å²) in [7, 11) is 0. The summed E-state index contributed by atoms with van der Waals surface area (Å²) in [6.45, 7) is 5.40.